The van der Waals surface area contributed by atoms with E-state index in [1.807, 2.05) is 30.3 Å². The number of amidine groups is 1. The molecule has 0 spiro atoms. The van der Waals surface area contributed by atoms with Gasteiger partial charge in [0.25, 0.3) is 0 Å². The van der Waals surface area contributed by atoms with Crippen molar-refractivity contribution >= 4 is 28.3 Å². The van der Waals surface area contributed by atoms with Gasteiger partial charge in [0, 0.05) is 23.3 Å². The van der Waals surface area contributed by atoms with E-state index in [0.717, 1.165) is 10.9 Å². The van der Waals surface area contributed by atoms with Gasteiger partial charge in [-0.1, -0.05) is 17.7 Å². The smallest absolute Gasteiger partial charge is 0.238 e. The topological polar surface area (TPSA) is 84.9 Å². The number of nitrogens with two attached hydrogens (primary N) is 1. The first-order chi connectivity index (χ1) is 10.2. The maximum Gasteiger partial charge on any atom is 0.238 e. The fourth-order valence-electron chi connectivity index (χ4n) is 1.97. The van der Waals surface area contributed by atoms with Crippen molar-refractivity contribution in [2.75, 3.05) is 0 Å². The highest BCUT2D eigenvalue weighted by Crippen LogP contribution is 2.33. The lowest BCUT2D eigenvalue weighted by atomic mass is 10.2. The lowest BCUT2D eigenvalue weighted by Gasteiger charge is -2.10. The summed E-state index contributed by atoms with van der Waals surface area (Å²) >= 11 is 6.18. The van der Waals surface area contributed by atoms with E-state index >= 15 is 0 Å². The maximum absolute atomic E-state index is 7.48. The Morgan fingerprint density at radius 3 is 2.76 bits per heavy atom. The van der Waals surface area contributed by atoms with Crippen LogP contribution >= 0.6 is 11.6 Å². The Hall–Kier alpha value is -2.66. The Morgan fingerprint density at radius 2 is 1.95 bits per heavy atom. The van der Waals surface area contributed by atoms with Gasteiger partial charge < -0.3 is 10.5 Å². The minimum atomic E-state index is -0.133. The molecule has 3 rings (SSSR count). The fourth-order valence-corrected chi connectivity index (χ4v) is 2.22. The predicted molar refractivity (Wildman–Crippen MR) is 82.1 cm³/mol. The van der Waals surface area contributed by atoms with E-state index in [1.165, 1.54) is 6.20 Å². The molecule has 0 aliphatic heterocycles. The van der Waals surface area contributed by atoms with Crippen LogP contribution in [-0.2, 0) is 0 Å². The van der Waals surface area contributed by atoms with Crippen molar-refractivity contribution in [2.24, 2.45) is 5.73 Å². The van der Waals surface area contributed by atoms with Gasteiger partial charge in [0.05, 0.1) is 5.52 Å². The summed E-state index contributed by atoms with van der Waals surface area (Å²) in [6.45, 7) is 0. The quantitative estimate of drug-likeness (QED) is 0.573. The van der Waals surface area contributed by atoms with Crippen LogP contribution in [0.1, 0.15) is 5.56 Å². The van der Waals surface area contributed by atoms with Gasteiger partial charge >= 0.3 is 0 Å². The molecule has 3 N–H and O–H groups in total. The number of aromatic nitrogens is 2. The van der Waals surface area contributed by atoms with Gasteiger partial charge in [0.15, 0.2) is 0 Å². The fraction of sp³-hybridized carbons (Fsp3) is 0. The second-order valence-corrected chi connectivity index (χ2v) is 4.70. The second kappa shape index (κ2) is 5.38. The van der Waals surface area contributed by atoms with Crippen molar-refractivity contribution in [1.82, 2.24) is 9.97 Å². The molecule has 0 saturated carbocycles. The number of hydrogen-bond donors (Lipinski definition) is 2. The van der Waals surface area contributed by atoms with Crippen molar-refractivity contribution in [2.45, 2.75) is 0 Å². The first-order valence-corrected chi connectivity index (χ1v) is 6.55. The first kappa shape index (κ1) is 13.3. The number of halogens is 1. The van der Waals surface area contributed by atoms with Gasteiger partial charge in [0.1, 0.15) is 16.6 Å². The van der Waals surface area contributed by atoms with Crippen LogP contribution in [0.2, 0.25) is 5.02 Å². The Morgan fingerprint density at radius 1 is 1.10 bits per heavy atom. The SMILES string of the molecule is N=C(N)c1ccnc(Oc2cccc3ncccc23)c1Cl. The van der Waals surface area contributed by atoms with Crippen molar-refractivity contribution in [3.05, 3.63) is 59.4 Å². The molecule has 3 aromatic rings. The number of nitrogen functional groups attached to an aromatic ring is 1. The van der Waals surface area contributed by atoms with Crippen LogP contribution in [0.25, 0.3) is 10.9 Å². The molecule has 0 unspecified atom stereocenters. The number of benzene rings is 1. The van der Waals surface area contributed by atoms with E-state index in [9.17, 15) is 0 Å². The van der Waals surface area contributed by atoms with Crippen LogP contribution in [-0.4, -0.2) is 15.8 Å². The van der Waals surface area contributed by atoms with E-state index in [-0.39, 0.29) is 16.7 Å². The highest BCUT2D eigenvalue weighted by atomic mass is 35.5. The molecule has 0 bridgehead atoms. The van der Waals surface area contributed by atoms with Crippen LogP contribution in [0.15, 0.2) is 48.8 Å². The zero-order chi connectivity index (χ0) is 14.8. The molecule has 0 fully saturated rings. The first-order valence-electron chi connectivity index (χ1n) is 6.17. The average molecular weight is 299 g/mol. The Balaban J connectivity index is 2.07. The van der Waals surface area contributed by atoms with E-state index in [0.29, 0.717) is 11.3 Å². The van der Waals surface area contributed by atoms with Gasteiger partial charge in [-0.3, -0.25) is 10.4 Å². The molecule has 0 saturated heterocycles. The normalized spacial score (nSPS) is 10.5. The summed E-state index contributed by atoms with van der Waals surface area (Å²) in [5.74, 6) is 0.670. The van der Waals surface area contributed by atoms with Gasteiger partial charge in [-0.25, -0.2) is 4.98 Å². The number of hydrogen-bond acceptors (Lipinski definition) is 4. The highest BCUT2D eigenvalue weighted by Gasteiger charge is 2.13. The number of rotatable bonds is 3. The molecule has 0 amide bonds. The van der Waals surface area contributed by atoms with Crippen LogP contribution < -0.4 is 10.5 Å². The minimum Gasteiger partial charge on any atom is -0.437 e. The van der Waals surface area contributed by atoms with Crippen molar-refractivity contribution < 1.29 is 4.74 Å². The summed E-state index contributed by atoms with van der Waals surface area (Å²) in [5.41, 5.74) is 6.68. The maximum atomic E-state index is 7.48. The summed E-state index contributed by atoms with van der Waals surface area (Å²) in [6, 6.07) is 10.8. The summed E-state index contributed by atoms with van der Waals surface area (Å²) in [5, 5.41) is 8.55. The Labute approximate surface area is 125 Å². The van der Waals surface area contributed by atoms with Crippen LogP contribution in [0.5, 0.6) is 11.6 Å². The molecule has 5 nitrogen and oxygen atoms in total. The lowest BCUT2D eigenvalue weighted by molar-refractivity contribution is 0.468. The minimum absolute atomic E-state index is 0.133. The zero-order valence-electron chi connectivity index (χ0n) is 10.9. The summed E-state index contributed by atoms with van der Waals surface area (Å²) in [4.78, 5) is 8.36. The molecule has 6 heteroatoms. The van der Waals surface area contributed by atoms with Crippen molar-refractivity contribution in [1.29, 1.82) is 5.41 Å². The largest absolute Gasteiger partial charge is 0.437 e. The third kappa shape index (κ3) is 2.51. The summed E-state index contributed by atoms with van der Waals surface area (Å²) in [6.07, 6.45) is 3.22. The number of pyridine rings is 2. The molecule has 0 atom stereocenters. The molecular weight excluding hydrogens is 288 g/mol. The number of fused-ring (bicyclic) bond motifs is 1. The second-order valence-electron chi connectivity index (χ2n) is 4.32. The van der Waals surface area contributed by atoms with Gasteiger partial charge in [-0.2, -0.15) is 0 Å². The molecule has 2 heterocycles. The molecule has 0 aliphatic carbocycles. The van der Waals surface area contributed by atoms with Gasteiger partial charge in [-0.05, 0) is 30.3 Å². The Kier molecular flexibility index (Phi) is 3.41. The van der Waals surface area contributed by atoms with E-state index in [4.69, 9.17) is 27.5 Å². The van der Waals surface area contributed by atoms with Crippen LogP contribution in [0.3, 0.4) is 0 Å². The Bertz CT molecular complexity index is 830. The monoisotopic (exact) mass is 298 g/mol. The van der Waals surface area contributed by atoms with E-state index < -0.39 is 0 Å². The highest BCUT2D eigenvalue weighted by molar-refractivity contribution is 6.35. The van der Waals surface area contributed by atoms with E-state index in [1.54, 1.807) is 12.3 Å². The molecule has 104 valence electrons. The van der Waals surface area contributed by atoms with Gasteiger partial charge in [0.2, 0.25) is 5.88 Å². The standard InChI is InChI=1S/C15H11ClN4O/c16-13-10(14(17)18)6-8-20-15(13)21-12-5-1-4-11-9(12)3-2-7-19-11/h1-8H,(H3,17,18). The molecule has 0 radical (unpaired) electrons. The molecule has 0 aliphatic rings. The predicted octanol–water partition coefficient (Wildman–Crippen LogP) is 3.36. The van der Waals surface area contributed by atoms with E-state index in [2.05, 4.69) is 9.97 Å². The third-order valence-corrected chi connectivity index (χ3v) is 3.32. The van der Waals surface area contributed by atoms with Crippen LogP contribution in [0.4, 0.5) is 0 Å². The number of nitrogens with zero attached hydrogens (tertiary/aromatic N) is 2. The van der Waals surface area contributed by atoms with Crippen molar-refractivity contribution in [3.8, 4) is 11.6 Å². The average Bonchev–Trinajstić information content (AvgIpc) is 2.49. The number of ether oxygens (including phenoxy) is 1. The van der Waals surface area contributed by atoms with Crippen LogP contribution in [0, 0.1) is 5.41 Å². The third-order valence-electron chi connectivity index (χ3n) is 2.96. The molecule has 21 heavy (non-hydrogen) atoms. The van der Waals surface area contributed by atoms with Crippen molar-refractivity contribution in [3.63, 3.8) is 0 Å². The molecule has 2 aromatic heterocycles. The zero-order valence-corrected chi connectivity index (χ0v) is 11.6. The summed E-state index contributed by atoms with van der Waals surface area (Å²) in [7, 11) is 0. The molecule has 1 aromatic carbocycles. The lowest BCUT2D eigenvalue weighted by Crippen LogP contribution is -2.12. The van der Waals surface area contributed by atoms with Gasteiger partial charge in [-0.15, -0.1) is 0 Å². The molecular formula is C15H11ClN4O. The summed E-state index contributed by atoms with van der Waals surface area (Å²) < 4.78 is 5.78. The number of nitrogens with one attached hydrogen (secondary N) is 1.